The number of furan rings is 1. The summed E-state index contributed by atoms with van der Waals surface area (Å²) in [7, 11) is 0. The largest absolute Gasteiger partial charge is 0.493 e. The highest BCUT2D eigenvalue weighted by molar-refractivity contribution is 5.98. The van der Waals surface area contributed by atoms with E-state index in [-0.39, 0.29) is 24.7 Å². The first-order valence-electron chi connectivity index (χ1n) is 8.41. The molecule has 3 rings (SSSR count). The second kappa shape index (κ2) is 7.45. The molecule has 0 unspecified atom stereocenters. The fourth-order valence-electron chi connectivity index (χ4n) is 2.86. The van der Waals surface area contributed by atoms with E-state index in [0.29, 0.717) is 28.0 Å². The minimum atomic E-state index is -0.578. The molecule has 0 saturated heterocycles. The quantitative estimate of drug-likeness (QED) is 0.539. The maximum Gasteiger partial charge on any atom is 0.326 e. The van der Waals surface area contributed by atoms with Crippen LogP contribution >= 0.6 is 0 Å². The maximum atomic E-state index is 12.3. The number of benzene rings is 1. The number of azo groups is 1. The molecule has 0 spiro atoms. The van der Waals surface area contributed by atoms with Crippen LogP contribution in [0.25, 0.3) is 10.9 Å². The molecule has 3 aromatic rings. The molecule has 0 aliphatic rings. The monoisotopic (exact) mass is 369 g/mol. The van der Waals surface area contributed by atoms with Crippen molar-refractivity contribution in [3.8, 4) is 5.88 Å². The first-order valence-corrected chi connectivity index (χ1v) is 8.41. The molecule has 0 fully saturated rings. The van der Waals surface area contributed by atoms with Crippen LogP contribution in [0.2, 0.25) is 0 Å². The zero-order valence-electron chi connectivity index (χ0n) is 15.2. The van der Waals surface area contributed by atoms with Crippen LogP contribution in [0.3, 0.4) is 0 Å². The minimum Gasteiger partial charge on any atom is -0.493 e. The van der Waals surface area contributed by atoms with E-state index in [0.717, 1.165) is 0 Å². The number of aromatic nitrogens is 1. The molecule has 2 aromatic heterocycles. The minimum absolute atomic E-state index is 0.112. The molecule has 1 aromatic carbocycles. The van der Waals surface area contributed by atoms with Crippen molar-refractivity contribution in [3.05, 3.63) is 47.4 Å². The van der Waals surface area contributed by atoms with Crippen molar-refractivity contribution < 1.29 is 23.8 Å². The Morgan fingerprint density at radius 1 is 1.26 bits per heavy atom. The first kappa shape index (κ1) is 18.4. The van der Waals surface area contributed by atoms with E-state index in [1.807, 2.05) is 0 Å². The van der Waals surface area contributed by atoms with Crippen LogP contribution in [0, 0.1) is 13.8 Å². The fraction of sp³-hybridized carbons (Fsp3) is 0.263. The van der Waals surface area contributed by atoms with Gasteiger partial charge in [0.25, 0.3) is 5.91 Å². The van der Waals surface area contributed by atoms with Crippen LogP contribution in [0.5, 0.6) is 5.88 Å². The summed E-state index contributed by atoms with van der Waals surface area (Å²) in [6.07, 6.45) is 0. The second-order valence-electron chi connectivity index (χ2n) is 5.91. The molecule has 27 heavy (non-hydrogen) atoms. The van der Waals surface area contributed by atoms with Crippen LogP contribution in [0.4, 0.5) is 5.69 Å². The van der Waals surface area contributed by atoms with E-state index >= 15 is 0 Å². The molecule has 0 aliphatic heterocycles. The predicted octanol–water partition coefficient (Wildman–Crippen LogP) is 4.04. The van der Waals surface area contributed by atoms with Gasteiger partial charge in [-0.1, -0.05) is 18.2 Å². The second-order valence-corrected chi connectivity index (χ2v) is 5.91. The number of rotatable bonds is 5. The van der Waals surface area contributed by atoms with Gasteiger partial charge in [0.15, 0.2) is 5.69 Å². The Hall–Kier alpha value is -3.42. The van der Waals surface area contributed by atoms with Crippen LogP contribution in [-0.2, 0) is 16.1 Å². The lowest BCUT2D eigenvalue weighted by Crippen LogP contribution is -2.12. The van der Waals surface area contributed by atoms with Gasteiger partial charge in [0.1, 0.15) is 18.1 Å². The average Bonchev–Trinajstić information content (AvgIpc) is 3.10. The molecular weight excluding hydrogens is 350 g/mol. The van der Waals surface area contributed by atoms with Crippen molar-refractivity contribution in [2.75, 3.05) is 6.61 Å². The van der Waals surface area contributed by atoms with E-state index in [9.17, 15) is 14.7 Å². The van der Waals surface area contributed by atoms with Crippen molar-refractivity contribution in [3.63, 3.8) is 0 Å². The number of ether oxygens (including phenoxy) is 1. The van der Waals surface area contributed by atoms with Crippen LogP contribution < -0.4 is 0 Å². The summed E-state index contributed by atoms with van der Waals surface area (Å²) in [5.41, 5.74) is 1.01. The van der Waals surface area contributed by atoms with E-state index in [4.69, 9.17) is 9.15 Å². The van der Waals surface area contributed by atoms with Gasteiger partial charge < -0.3 is 14.3 Å². The van der Waals surface area contributed by atoms with Crippen molar-refractivity contribution in [1.29, 1.82) is 0 Å². The number of para-hydroxylation sites is 1. The van der Waals surface area contributed by atoms with Crippen molar-refractivity contribution in [1.82, 2.24) is 4.57 Å². The third-order valence-electron chi connectivity index (χ3n) is 4.02. The first-order chi connectivity index (χ1) is 12.9. The van der Waals surface area contributed by atoms with Gasteiger partial charge in [-0.3, -0.25) is 14.2 Å². The summed E-state index contributed by atoms with van der Waals surface area (Å²) in [6, 6.07) is 8.58. The lowest BCUT2D eigenvalue weighted by atomic mass is 10.2. The molecular formula is C19H19N3O5. The lowest BCUT2D eigenvalue weighted by molar-refractivity contribution is -0.143. The Morgan fingerprint density at radius 2 is 2.00 bits per heavy atom. The van der Waals surface area contributed by atoms with Crippen molar-refractivity contribution >= 4 is 28.5 Å². The predicted molar refractivity (Wildman–Crippen MR) is 97.3 cm³/mol. The van der Waals surface area contributed by atoms with Gasteiger partial charge in [0, 0.05) is 5.39 Å². The zero-order chi connectivity index (χ0) is 19.6. The number of nitrogens with zero attached hydrogens (tertiary/aromatic N) is 3. The smallest absolute Gasteiger partial charge is 0.326 e. The SMILES string of the molecule is CCOC(=O)Cn1c(O)c(N=NC(=O)c2cc(C)oc2C)c2ccccc21. The summed E-state index contributed by atoms with van der Waals surface area (Å²) in [4.78, 5) is 24.1. The maximum absolute atomic E-state index is 12.3. The van der Waals surface area contributed by atoms with Crippen LogP contribution in [0.15, 0.2) is 45.0 Å². The third-order valence-corrected chi connectivity index (χ3v) is 4.02. The number of hydrogen-bond donors (Lipinski definition) is 1. The van der Waals surface area contributed by atoms with Crippen molar-refractivity contribution in [2.45, 2.75) is 27.3 Å². The van der Waals surface area contributed by atoms with Crippen LogP contribution in [-0.4, -0.2) is 28.2 Å². The number of carbonyl (C=O) groups is 2. The lowest BCUT2D eigenvalue weighted by Gasteiger charge is -2.06. The molecule has 1 amide bonds. The van der Waals surface area contributed by atoms with Crippen molar-refractivity contribution in [2.24, 2.45) is 10.2 Å². The van der Waals surface area contributed by atoms with Gasteiger partial charge in [-0.2, -0.15) is 0 Å². The molecule has 0 radical (unpaired) electrons. The highest BCUT2D eigenvalue weighted by Gasteiger charge is 2.20. The Labute approximate surface area is 155 Å². The number of fused-ring (bicyclic) bond motifs is 1. The number of hydrogen-bond acceptors (Lipinski definition) is 6. The summed E-state index contributed by atoms with van der Waals surface area (Å²) >= 11 is 0. The number of carbonyl (C=O) groups excluding carboxylic acids is 2. The molecule has 0 aliphatic carbocycles. The zero-order valence-corrected chi connectivity index (χ0v) is 15.2. The van der Waals surface area contributed by atoms with Gasteiger partial charge in [0.2, 0.25) is 5.88 Å². The van der Waals surface area contributed by atoms with Gasteiger partial charge in [0.05, 0.1) is 17.7 Å². The van der Waals surface area contributed by atoms with E-state index in [1.54, 1.807) is 51.1 Å². The summed E-state index contributed by atoms with van der Waals surface area (Å²) in [5.74, 6) is -0.283. The Balaban J connectivity index is 1.99. The average molecular weight is 369 g/mol. The molecule has 1 N–H and O–H groups in total. The number of aromatic hydroxyl groups is 1. The summed E-state index contributed by atoms with van der Waals surface area (Å²) in [5, 5.41) is 18.8. The third kappa shape index (κ3) is 3.59. The van der Waals surface area contributed by atoms with Gasteiger partial charge in [-0.05, 0) is 32.9 Å². The Bertz CT molecular complexity index is 1050. The van der Waals surface area contributed by atoms with Gasteiger partial charge in [-0.15, -0.1) is 10.2 Å². The number of esters is 1. The normalized spacial score (nSPS) is 11.4. The molecule has 0 bridgehead atoms. The summed E-state index contributed by atoms with van der Waals surface area (Å²) in [6.45, 7) is 5.16. The standard InChI is InChI=1S/C19H19N3O5/c1-4-26-16(23)10-22-15-8-6-5-7-13(15)17(19(22)25)20-21-18(24)14-9-11(2)27-12(14)3/h5-9,25H,4,10H2,1-3H3. The molecule has 8 nitrogen and oxygen atoms in total. The molecule has 2 heterocycles. The topological polar surface area (TPSA) is 106 Å². The Kier molecular flexibility index (Phi) is 5.07. The molecule has 140 valence electrons. The highest BCUT2D eigenvalue weighted by atomic mass is 16.5. The highest BCUT2D eigenvalue weighted by Crippen LogP contribution is 2.38. The van der Waals surface area contributed by atoms with E-state index in [2.05, 4.69) is 10.2 Å². The number of amides is 1. The molecule has 8 heteroatoms. The van der Waals surface area contributed by atoms with Gasteiger partial charge >= 0.3 is 5.97 Å². The fourth-order valence-corrected chi connectivity index (χ4v) is 2.86. The number of aryl methyl sites for hydroxylation is 2. The van der Waals surface area contributed by atoms with E-state index in [1.165, 1.54) is 4.57 Å². The van der Waals surface area contributed by atoms with E-state index < -0.39 is 11.9 Å². The molecule has 0 saturated carbocycles. The Morgan fingerprint density at radius 3 is 2.67 bits per heavy atom. The van der Waals surface area contributed by atoms with Crippen LogP contribution in [0.1, 0.15) is 28.8 Å². The summed E-state index contributed by atoms with van der Waals surface area (Å²) < 4.78 is 11.6. The van der Waals surface area contributed by atoms with Gasteiger partial charge in [-0.25, -0.2) is 0 Å². The molecule has 0 atom stereocenters.